The molecule has 0 radical (unpaired) electrons. The Hall–Kier alpha value is -11.9. The van der Waals surface area contributed by atoms with E-state index in [1.54, 1.807) is 13.8 Å². The van der Waals surface area contributed by atoms with E-state index in [1.807, 2.05) is 135 Å². The van der Waals surface area contributed by atoms with E-state index in [0.29, 0.717) is 87.2 Å². The predicted octanol–water partition coefficient (Wildman–Crippen LogP) is 19.6. The summed E-state index contributed by atoms with van der Waals surface area (Å²) in [5, 5.41) is 45.3. The van der Waals surface area contributed by atoms with Gasteiger partial charge in [-0.3, -0.25) is 45.3 Å². The second-order valence-electron chi connectivity index (χ2n) is 27.0. The smallest absolute Gasteiger partial charge is 0.632 e. The molecule has 0 N–H and O–H groups in total. The van der Waals surface area contributed by atoms with Crippen LogP contribution >= 0.6 is 0 Å². The van der Waals surface area contributed by atoms with Gasteiger partial charge in [-0.2, -0.15) is 0 Å². The molecular weight excluding hydrogens is 1440 g/mol. The van der Waals surface area contributed by atoms with Crippen LogP contribution in [0.5, 0.6) is 46.3 Å². The van der Waals surface area contributed by atoms with E-state index in [9.17, 15) is 50.0 Å². The Morgan fingerprint density at radius 3 is 1.11 bits per heavy atom. The second kappa shape index (κ2) is 35.7. The first kappa shape index (κ1) is 82.7. The first-order valence-corrected chi connectivity index (χ1v) is 35.4. The summed E-state index contributed by atoms with van der Waals surface area (Å²) >= 11 is 0. The number of carbonyl (C=O) groups excluding carboxylic acids is 2. The van der Waals surface area contributed by atoms with Gasteiger partial charge in [0.2, 0.25) is 5.90 Å². The third kappa shape index (κ3) is 18.6. The van der Waals surface area contributed by atoms with Gasteiger partial charge in [-0.1, -0.05) is 133 Å². The number of ether oxygens (including phenoxy) is 8. The second-order valence-corrected chi connectivity index (χ2v) is 27.0. The topological polar surface area (TPSA) is 321 Å². The molecule has 8 aromatic rings. The number of carbonyl (C=O) groups is 2. The maximum absolute atomic E-state index is 13.8. The van der Waals surface area contributed by atoms with Crippen LogP contribution < -0.4 is 38.4 Å². The minimum absolute atomic E-state index is 0. The van der Waals surface area contributed by atoms with Crippen molar-refractivity contribution in [1.82, 2.24) is 9.97 Å². The molecule has 25 nitrogen and oxygen atoms in total. The summed E-state index contributed by atoms with van der Waals surface area (Å²) < 4.78 is 50.2. The van der Waals surface area contributed by atoms with E-state index in [4.69, 9.17) is 52.9 Å². The van der Waals surface area contributed by atoms with Gasteiger partial charge in [0.05, 0.1) is 38.7 Å². The number of non-ortho nitro benzene ring substituents is 4. The van der Waals surface area contributed by atoms with Gasteiger partial charge in [-0.25, -0.2) is 9.79 Å². The number of aryl methyl sites for hydroxylation is 6. The third-order valence-corrected chi connectivity index (χ3v) is 17.6. The van der Waals surface area contributed by atoms with E-state index < -0.39 is 31.6 Å². The Morgan fingerprint density at radius 2 is 0.780 bits per heavy atom. The summed E-state index contributed by atoms with van der Waals surface area (Å²) in [4.78, 5) is 86.0. The van der Waals surface area contributed by atoms with Crippen molar-refractivity contribution in [2.45, 2.75) is 149 Å². The maximum atomic E-state index is 13.8. The zero-order valence-corrected chi connectivity index (χ0v) is 65.0. The summed E-state index contributed by atoms with van der Waals surface area (Å²) in [6.07, 6.45) is 4.42. The first-order valence-electron chi connectivity index (χ1n) is 35.4. The van der Waals surface area contributed by atoms with Crippen molar-refractivity contribution < 1.29 is 84.0 Å². The molecule has 2 aliphatic rings. The van der Waals surface area contributed by atoms with E-state index in [1.165, 1.54) is 97.1 Å². The number of aliphatic imine (C=N–C) groups is 1. The summed E-state index contributed by atoms with van der Waals surface area (Å²) in [5.41, 5.74) is 11.5. The summed E-state index contributed by atoms with van der Waals surface area (Å²) in [6.45, 7) is 35.3. The van der Waals surface area contributed by atoms with Crippen LogP contribution in [0.2, 0.25) is 0 Å². The largest absolute Gasteiger partial charge is 3.00 e. The van der Waals surface area contributed by atoms with Gasteiger partial charge in [0.25, 0.3) is 28.7 Å². The van der Waals surface area contributed by atoms with Crippen molar-refractivity contribution in [2.75, 3.05) is 13.2 Å². The van der Waals surface area contributed by atoms with Crippen molar-refractivity contribution in [1.29, 1.82) is 0 Å². The van der Waals surface area contributed by atoms with Gasteiger partial charge in [0.15, 0.2) is 0 Å². The van der Waals surface area contributed by atoms with Crippen LogP contribution in [0.25, 0.3) is 11.5 Å². The number of hydrogen-bond donors (Lipinski definition) is 0. The molecule has 0 saturated carbocycles. The fourth-order valence-corrected chi connectivity index (χ4v) is 13.1. The van der Waals surface area contributed by atoms with Crippen molar-refractivity contribution in [2.24, 2.45) is 16.8 Å². The van der Waals surface area contributed by atoms with E-state index in [0.717, 1.165) is 55.6 Å². The average Bonchev–Trinajstić information content (AvgIpc) is 1.60. The molecule has 0 amide bonds. The van der Waals surface area contributed by atoms with Gasteiger partial charge in [0, 0.05) is 71.6 Å². The molecule has 10 rings (SSSR count). The number of aromatic nitrogens is 2. The van der Waals surface area contributed by atoms with Crippen molar-refractivity contribution >= 4 is 52.1 Å². The van der Waals surface area contributed by atoms with Gasteiger partial charge in [-0.15, -0.1) is 16.8 Å². The van der Waals surface area contributed by atoms with Crippen LogP contribution in [0.1, 0.15) is 162 Å². The van der Waals surface area contributed by atoms with Crippen molar-refractivity contribution in [3.8, 4) is 46.3 Å². The minimum Gasteiger partial charge on any atom is -0.632 e. The Bertz CT molecular complexity index is 4660. The van der Waals surface area contributed by atoms with Crippen LogP contribution in [-0.4, -0.2) is 50.7 Å². The van der Waals surface area contributed by atoms with Gasteiger partial charge in [0.1, 0.15) is 51.5 Å². The monoisotopic (exact) mass is 1530 g/mol. The van der Waals surface area contributed by atoms with E-state index >= 15 is 0 Å². The number of allylic oxidation sites excluding steroid dienone is 4. The fraction of sp³-hybridized carbons (Fsp3) is 0.313. The molecule has 0 bridgehead atoms. The molecule has 0 atom stereocenters. The molecule has 0 spiro atoms. The van der Waals surface area contributed by atoms with Crippen molar-refractivity contribution in [3.05, 3.63) is 274 Å². The number of rotatable bonds is 27. The molecule has 109 heavy (non-hydrogen) atoms. The molecule has 1 aliphatic heterocycles. The molecule has 0 unspecified atom stereocenters. The number of benzene rings is 6. The number of nitro groups is 4. The Morgan fingerprint density at radius 1 is 0.450 bits per heavy atom. The first-order chi connectivity index (χ1) is 51.3. The van der Waals surface area contributed by atoms with Gasteiger partial charge >= 0.3 is 22.7 Å². The quantitative estimate of drug-likeness (QED) is 0.0152. The standard InChI is InChI=1S/C42H44N3O9.C41H44N4O9.Co/c1-10-32-36(24(5)6)38(43-41(32)53-31-18-14-29(15-19-31)45(49)50)40(54-39-26(8)20-25(7)21-27(39)9)33-22-34(37(35(33)23(3)4)42(46)51-11-2)52-30-16-12-28(13-17-30)44(47)48;1-10-31-32(22(3)4)35(42-39(31)52-29-16-12-27(13-17-29)44(47)48)38(54-37-25(8)20-24(7)21-26(37)9)36-33(23(5)6)34(41(46)51-11-2)40(43-36)53-30-18-14-28(15-19-30)45(49)50;/h12-21,23-24H,10-11H2,1-9H3,(H,43,46);12-23H,10-11H2,1-9H3,(H,42,43,46);/q-1;;+3/p-2. The van der Waals surface area contributed by atoms with Gasteiger partial charge < -0.3 is 47.9 Å². The molecule has 6 aromatic carbocycles. The molecular formula is C83H86CoN7O18. The van der Waals surface area contributed by atoms with E-state index in [2.05, 4.69) is 6.08 Å². The molecule has 570 valence electrons. The summed E-state index contributed by atoms with van der Waals surface area (Å²) in [6, 6.07) is 30.6. The van der Waals surface area contributed by atoms with Gasteiger partial charge in [-0.05, 0) is 173 Å². The molecule has 0 fully saturated rings. The average molecular weight is 1530 g/mol. The Kier molecular flexibility index (Phi) is 27.1. The third-order valence-electron chi connectivity index (χ3n) is 17.6. The molecule has 3 heterocycles. The Balaban J connectivity index is 0.000000272. The normalized spacial score (nSPS) is 13.5. The maximum Gasteiger partial charge on any atom is 3.00 e. The van der Waals surface area contributed by atoms with E-state index in [-0.39, 0.29) is 116 Å². The summed E-state index contributed by atoms with van der Waals surface area (Å²) in [5.74, 6) is 1.55. The SMILES string of the molecule is CCOC(=O)C1=C(C(C)C)/C(=C(\Oc2c(C)cc(C)cc2C)c2[n-]c(Oc3ccc([N+](=O)[O-])cc3)c(CC)c2C(C)C)N=C1Oc1ccc([N+](=O)[O-])cc1.CCOC(=O)C1=C(C(C)C)/C(=C(\Oc2c(C)cc(C)cc2C)c2[n-]c(Oc3ccc([N+](=O)[O-])cc3)c(CC)c2C(C)C)[C-]=C1Oc1ccc([N+](=O)[O-])cc1.[Co+3]. The summed E-state index contributed by atoms with van der Waals surface area (Å²) in [7, 11) is 0. The predicted molar refractivity (Wildman–Crippen MR) is 408 cm³/mol. The molecule has 2 aromatic heterocycles. The van der Waals surface area contributed by atoms with Crippen LogP contribution in [0, 0.1) is 99.9 Å². The molecule has 1 aliphatic carbocycles. The Labute approximate surface area is 642 Å². The van der Waals surface area contributed by atoms with Crippen LogP contribution in [0.3, 0.4) is 0 Å². The number of nitrogens with zero attached hydrogens (tertiary/aromatic N) is 7. The molecule has 26 heteroatoms. The fourth-order valence-electron chi connectivity index (χ4n) is 13.1. The number of nitro benzene ring substituents is 4. The zero-order chi connectivity index (χ0) is 78.9. The van der Waals surface area contributed by atoms with Crippen molar-refractivity contribution in [3.63, 3.8) is 0 Å². The van der Waals surface area contributed by atoms with Crippen LogP contribution in [0.4, 0.5) is 22.7 Å². The minimum atomic E-state index is -0.658. The number of hydrogen-bond acceptors (Lipinski definition) is 19. The van der Waals surface area contributed by atoms with Crippen LogP contribution in [-0.2, 0) is 48.7 Å². The molecule has 0 saturated heterocycles. The zero-order valence-electron chi connectivity index (χ0n) is 64.0. The van der Waals surface area contributed by atoms with Crippen LogP contribution in [0.15, 0.2) is 166 Å². The number of esters is 2.